The van der Waals surface area contributed by atoms with E-state index < -0.39 is 24.1 Å². The van der Waals surface area contributed by atoms with Gasteiger partial charge in [-0.05, 0) is 38.5 Å². The SMILES string of the molecule is CC(C)(C)OC(=O)NC[C@H](N)c1cccc(OC(F)(F)F)c1. The molecule has 0 spiro atoms. The molecule has 124 valence electrons. The van der Waals surface area contributed by atoms with Gasteiger partial charge in [0, 0.05) is 12.6 Å². The van der Waals surface area contributed by atoms with Gasteiger partial charge >= 0.3 is 12.5 Å². The average Bonchev–Trinajstić information content (AvgIpc) is 2.32. The summed E-state index contributed by atoms with van der Waals surface area (Å²) in [5.74, 6) is -0.363. The lowest BCUT2D eigenvalue weighted by Crippen LogP contribution is -2.36. The number of hydrogen-bond donors (Lipinski definition) is 2. The van der Waals surface area contributed by atoms with Crippen molar-refractivity contribution in [1.29, 1.82) is 0 Å². The fourth-order valence-corrected chi connectivity index (χ4v) is 1.57. The predicted molar refractivity (Wildman–Crippen MR) is 74.3 cm³/mol. The second kappa shape index (κ2) is 6.87. The van der Waals surface area contributed by atoms with Gasteiger partial charge in [-0.3, -0.25) is 0 Å². The van der Waals surface area contributed by atoms with Crippen molar-refractivity contribution in [2.75, 3.05) is 6.54 Å². The van der Waals surface area contributed by atoms with Gasteiger partial charge in [-0.25, -0.2) is 4.79 Å². The third-order valence-corrected chi connectivity index (χ3v) is 2.39. The first-order valence-electron chi connectivity index (χ1n) is 6.54. The Morgan fingerprint density at radius 3 is 2.50 bits per heavy atom. The molecule has 0 saturated heterocycles. The maximum atomic E-state index is 12.2. The summed E-state index contributed by atoms with van der Waals surface area (Å²) >= 11 is 0. The minimum atomic E-state index is -4.77. The number of amides is 1. The molecule has 0 bridgehead atoms. The molecule has 1 aromatic rings. The second-order valence-electron chi connectivity index (χ2n) is 5.61. The van der Waals surface area contributed by atoms with E-state index in [2.05, 4.69) is 10.1 Å². The third kappa shape index (κ3) is 7.16. The summed E-state index contributed by atoms with van der Waals surface area (Å²) in [6.45, 7) is 5.16. The molecule has 0 fully saturated rings. The van der Waals surface area contributed by atoms with Crippen LogP contribution in [0.3, 0.4) is 0 Å². The van der Waals surface area contributed by atoms with Crippen molar-refractivity contribution >= 4 is 6.09 Å². The Bertz CT molecular complexity index is 513. The highest BCUT2D eigenvalue weighted by atomic mass is 19.4. The molecule has 1 aromatic carbocycles. The molecule has 1 atom stereocenters. The Morgan fingerprint density at radius 2 is 1.95 bits per heavy atom. The number of carbonyl (C=O) groups is 1. The van der Waals surface area contributed by atoms with Crippen LogP contribution < -0.4 is 15.8 Å². The van der Waals surface area contributed by atoms with Gasteiger partial charge in [-0.15, -0.1) is 13.2 Å². The van der Waals surface area contributed by atoms with E-state index in [1.54, 1.807) is 26.8 Å². The molecule has 1 rings (SSSR count). The monoisotopic (exact) mass is 320 g/mol. The highest BCUT2D eigenvalue weighted by Crippen LogP contribution is 2.24. The Labute approximate surface area is 126 Å². The number of nitrogens with one attached hydrogen (secondary N) is 1. The first kappa shape index (κ1) is 18.1. The van der Waals surface area contributed by atoms with Crippen molar-refractivity contribution in [3.63, 3.8) is 0 Å². The Balaban J connectivity index is 2.61. The minimum Gasteiger partial charge on any atom is -0.444 e. The highest BCUT2D eigenvalue weighted by molar-refractivity contribution is 5.67. The Kier molecular flexibility index (Phi) is 5.65. The van der Waals surface area contributed by atoms with Crippen molar-refractivity contribution in [1.82, 2.24) is 5.32 Å². The fraction of sp³-hybridized carbons (Fsp3) is 0.500. The van der Waals surface area contributed by atoms with E-state index in [1.165, 1.54) is 18.2 Å². The number of nitrogens with two attached hydrogens (primary N) is 1. The zero-order chi connectivity index (χ0) is 17.0. The number of alkyl halides is 3. The fourth-order valence-electron chi connectivity index (χ4n) is 1.57. The van der Waals surface area contributed by atoms with E-state index in [-0.39, 0.29) is 12.3 Å². The molecule has 22 heavy (non-hydrogen) atoms. The van der Waals surface area contributed by atoms with Gasteiger partial charge in [0.1, 0.15) is 11.4 Å². The van der Waals surface area contributed by atoms with E-state index in [9.17, 15) is 18.0 Å². The zero-order valence-electron chi connectivity index (χ0n) is 12.5. The molecule has 0 saturated carbocycles. The number of benzene rings is 1. The van der Waals surface area contributed by atoms with Gasteiger partial charge in [0.25, 0.3) is 0 Å². The summed E-state index contributed by atoms with van der Waals surface area (Å²) < 4.78 is 45.3. The number of hydrogen-bond acceptors (Lipinski definition) is 4. The van der Waals surface area contributed by atoms with Crippen LogP contribution in [0.1, 0.15) is 32.4 Å². The van der Waals surface area contributed by atoms with E-state index in [0.717, 1.165) is 0 Å². The van der Waals surface area contributed by atoms with Crippen LogP contribution in [-0.4, -0.2) is 24.6 Å². The summed E-state index contributed by atoms with van der Waals surface area (Å²) in [6, 6.07) is 4.60. The third-order valence-electron chi connectivity index (χ3n) is 2.39. The van der Waals surface area contributed by atoms with Crippen LogP contribution >= 0.6 is 0 Å². The topological polar surface area (TPSA) is 73.6 Å². The van der Waals surface area contributed by atoms with Gasteiger partial charge in [0.15, 0.2) is 0 Å². The van der Waals surface area contributed by atoms with Crippen LogP contribution in [0.25, 0.3) is 0 Å². The number of carbonyl (C=O) groups excluding carboxylic acids is 1. The number of halogens is 3. The lowest BCUT2D eigenvalue weighted by molar-refractivity contribution is -0.274. The normalized spacial score (nSPS) is 13.4. The molecular formula is C14H19F3N2O3. The molecule has 8 heteroatoms. The molecule has 5 nitrogen and oxygen atoms in total. The van der Waals surface area contributed by atoms with Crippen LogP contribution in [0.5, 0.6) is 5.75 Å². The first-order chi connectivity index (χ1) is 9.96. The lowest BCUT2D eigenvalue weighted by Gasteiger charge is -2.21. The average molecular weight is 320 g/mol. The summed E-state index contributed by atoms with van der Waals surface area (Å²) in [5, 5.41) is 2.46. The summed E-state index contributed by atoms with van der Waals surface area (Å²) in [7, 11) is 0. The smallest absolute Gasteiger partial charge is 0.444 e. The second-order valence-corrected chi connectivity index (χ2v) is 5.61. The quantitative estimate of drug-likeness (QED) is 0.894. The maximum absolute atomic E-state index is 12.2. The molecule has 0 aromatic heterocycles. The summed E-state index contributed by atoms with van der Waals surface area (Å²) in [6.07, 6.45) is -5.41. The number of ether oxygens (including phenoxy) is 2. The Hall–Kier alpha value is -1.96. The lowest BCUT2D eigenvalue weighted by atomic mass is 10.1. The van der Waals surface area contributed by atoms with Crippen molar-refractivity contribution in [3.8, 4) is 5.75 Å². The van der Waals surface area contributed by atoms with Crippen molar-refractivity contribution in [3.05, 3.63) is 29.8 Å². The predicted octanol–water partition coefficient (Wildman–Crippen LogP) is 3.11. The van der Waals surface area contributed by atoms with Gasteiger partial charge in [0.2, 0.25) is 0 Å². The molecule has 0 aliphatic carbocycles. The van der Waals surface area contributed by atoms with Gasteiger partial charge in [-0.2, -0.15) is 0 Å². The van der Waals surface area contributed by atoms with Crippen molar-refractivity contribution < 1.29 is 27.4 Å². The summed E-state index contributed by atoms with van der Waals surface area (Å²) in [4.78, 5) is 11.5. The van der Waals surface area contributed by atoms with Crippen LogP contribution in [-0.2, 0) is 4.74 Å². The molecule has 0 aliphatic heterocycles. The van der Waals surface area contributed by atoms with Crippen LogP contribution in [0.15, 0.2) is 24.3 Å². The Morgan fingerprint density at radius 1 is 1.32 bits per heavy atom. The van der Waals surface area contributed by atoms with Gasteiger partial charge < -0.3 is 20.5 Å². The van der Waals surface area contributed by atoms with Crippen LogP contribution in [0.2, 0.25) is 0 Å². The highest BCUT2D eigenvalue weighted by Gasteiger charge is 2.31. The minimum absolute atomic E-state index is 0.0182. The van der Waals surface area contributed by atoms with E-state index in [0.29, 0.717) is 5.56 Å². The molecule has 0 aliphatic rings. The molecule has 3 N–H and O–H groups in total. The largest absolute Gasteiger partial charge is 0.573 e. The standard InChI is InChI=1S/C14H19F3N2O3/c1-13(2,3)22-12(20)19-8-11(18)9-5-4-6-10(7-9)21-14(15,16)17/h4-7,11H,8,18H2,1-3H3,(H,19,20)/t11-/m0/s1. The molecular weight excluding hydrogens is 301 g/mol. The number of alkyl carbamates (subject to hydrolysis) is 1. The zero-order valence-corrected chi connectivity index (χ0v) is 12.5. The van der Waals surface area contributed by atoms with Gasteiger partial charge in [-0.1, -0.05) is 12.1 Å². The molecule has 0 heterocycles. The van der Waals surface area contributed by atoms with E-state index in [4.69, 9.17) is 10.5 Å². The maximum Gasteiger partial charge on any atom is 0.573 e. The van der Waals surface area contributed by atoms with Crippen LogP contribution in [0.4, 0.5) is 18.0 Å². The van der Waals surface area contributed by atoms with E-state index >= 15 is 0 Å². The summed E-state index contributed by atoms with van der Waals surface area (Å²) in [5.41, 5.74) is 5.59. The van der Waals surface area contributed by atoms with Crippen molar-refractivity contribution in [2.45, 2.75) is 38.8 Å². The molecule has 0 unspecified atom stereocenters. The van der Waals surface area contributed by atoms with Crippen LogP contribution in [0, 0.1) is 0 Å². The first-order valence-corrected chi connectivity index (χ1v) is 6.54. The van der Waals surface area contributed by atoms with E-state index in [1.807, 2.05) is 0 Å². The number of rotatable bonds is 4. The van der Waals surface area contributed by atoms with Crippen molar-refractivity contribution in [2.24, 2.45) is 5.73 Å². The molecule has 0 radical (unpaired) electrons. The van der Waals surface area contributed by atoms with Gasteiger partial charge in [0.05, 0.1) is 0 Å². The molecule has 1 amide bonds.